The van der Waals surface area contributed by atoms with E-state index >= 15 is 0 Å². The van der Waals surface area contributed by atoms with E-state index in [1.807, 2.05) is 4.90 Å². The lowest BCUT2D eigenvalue weighted by molar-refractivity contribution is 0.0697. The monoisotopic (exact) mass is 294 g/mol. The number of fused-ring (bicyclic) bond motifs is 1. The van der Waals surface area contributed by atoms with Gasteiger partial charge in [-0.05, 0) is 25.0 Å². The maximum atomic E-state index is 14.2. The number of aromatic nitrogens is 1. The number of halogens is 2. The summed E-state index contributed by atoms with van der Waals surface area (Å²) in [6.07, 6.45) is 3.30. The van der Waals surface area contributed by atoms with Gasteiger partial charge in [-0.1, -0.05) is 11.6 Å². The SMILES string of the molecule is O=C(O)c1cnc2cc(N3CCCC3)c(F)cc2c1Cl. The van der Waals surface area contributed by atoms with E-state index in [9.17, 15) is 9.18 Å². The first-order valence-electron chi connectivity index (χ1n) is 6.34. The summed E-state index contributed by atoms with van der Waals surface area (Å²) in [7, 11) is 0. The lowest BCUT2D eigenvalue weighted by atomic mass is 10.1. The summed E-state index contributed by atoms with van der Waals surface area (Å²) in [6.45, 7) is 1.65. The average molecular weight is 295 g/mol. The highest BCUT2D eigenvalue weighted by Gasteiger charge is 2.19. The third-order valence-electron chi connectivity index (χ3n) is 3.55. The first-order chi connectivity index (χ1) is 9.58. The van der Waals surface area contributed by atoms with Gasteiger partial charge in [0.2, 0.25) is 0 Å². The van der Waals surface area contributed by atoms with Crippen LogP contribution >= 0.6 is 11.6 Å². The lowest BCUT2D eigenvalue weighted by Crippen LogP contribution is -2.19. The van der Waals surface area contributed by atoms with Crippen LogP contribution in [0.1, 0.15) is 23.2 Å². The zero-order valence-electron chi connectivity index (χ0n) is 10.6. The minimum absolute atomic E-state index is 0.0226. The van der Waals surface area contributed by atoms with Gasteiger partial charge in [0.25, 0.3) is 0 Å². The fourth-order valence-corrected chi connectivity index (χ4v) is 2.80. The van der Waals surface area contributed by atoms with Crippen molar-refractivity contribution in [2.75, 3.05) is 18.0 Å². The molecule has 4 nitrogen and oxygen atoms in total. The molecule has 0 amide bonds. The number of pyridine rings is 1. The van der Waals surface area contributed by atoms with Gasteiger partial charge >= 0.3 is 5.97 Å². The van der Waals surface area contributed by atoms with Crippen molar-refractivity contribution in [2.24, 2.45) is 0 Å². The Morgan fingerprint density at radius 1 is 1.35 bits per heavy atom. The quantitative estimate of drug-likeness (QED) is 0.923. The summed E-state index contributed by atoms with van der Waals surface area (Å²) < 4.78 is 14.2. The van der Waals surface area contributed by atoms with E-state index in [4.69, 9.17) is 16.7 Å². The zero-order chi connectivity index (χ0) is 14.3. The van der Waals surface area contributed by atoms with Crippen molar-refractivity contribution < 1.29 is 14.3 Å². The van der Waals surface area contributed by atoms with Gasteiger partial charge in [-0.3, -0.25) is 4.98 Å². The summed E-state index contributed by atoms with van der Waals surface area (Å²) in [5.74, 6) is -1.57. The molecular formula is C14H12ClFN2O2. The van der Waals surface area contributed by atoms with E-state index in [0.29, 0.717) is 16.6 Å². The van der Waals surface area contributed by atoms with E-state index in [-0.39, 0.29) is 10.6 Å². The van der Waals surface area contributed by atoms with E-state index in [1.54, 1.807) is 6.07 Å². The molecule has 0 saturated carbocycles. The molecule has 1 fully saturated rings. The molecule has 1 saturated heterocycles. The molecular weight excluding hydrogens is 283 g/mol. The molecule has 0 bridgehead atoms. The summed E-state index contributed by atoms with van der Waals surface area (Å²) in [5, 5.41) is 9.34. The van der Waals surface area contributed by atoms with Gasteiger partial charge in [-0.2, -0.15) is 0 Å². The summed E-state index contributed by atoms with van der Waals surface area (Å²) >= 11 is 6.02. The van der Waals surface area contributed by atoms with Gasteiger partial charge in [0, 0.05) is 24.7 Å². The number of hydrogen-bond acceptors (Lipinski definition) is 3. The summed E-state index contributed by atoms with van der Waals surface area (Å²) in [6, 6.07) is 2.90. The Bertz CT molecular complexity index is 699. The van der Waals surface area contributed by atoms with Gasteiger partial charge in [0.15, 0.2) is 0 Å². The van der Waals surface area contributed by atoms with Crippen LogP contribution in [0.3, 0.4) is 0 Å². The topological polar surface area (TPSA) is 53.4 Å². The highest BCUT2D eigenvalue weighted by Crippen LogP contribution is 2.32. The van der Waals surface area contributed by atoms with Gasteiger partial charge < -0.3 is 10.0 Å². The van der Waals surface area contributed by atoms with Crippen molar-refractivity contribution in [2.45, 2.75) is 12.8 Å². The molecule has 0 aliphatic carbocycles. The van der Waals surface area contributed by atoms with Crippen LogP contribution in [-0.4, -0.2) is 29.1 Å². The third kappa shape index (κ3) is 2.08. The predicted molar refractivity (Wildman–Crippen MR) is 75.1 cm³/mol. The number of hydrogen-bond donors (Lipinski definition) is 1. The molecule has 1 aromatic heterocycles. The number of benzene rings is 1. The number of carboxylic acid groups (broad SMARTS) is 1. The number of aromatic carboxylic acids is 1. The Labute approximate surface area is 119 Å². The molecule has 20 heavy (non-hydrogen) atoms. The fraction of sp³-hybridized carbons (Fsp3) is 0.286. The maximum absolute atomic E-state index is 14.2. The largest absolute Gasteiger partial charge is 0.478 e. The molecule has 1 N–H and O–H groups in total. The average Bonchev–Trinajstić information content (AvgIpc) is 2.92. The zero-order valence-corrected chi connectivity index (χ0v) is 11.3. The second-order valence-corrected chi connectivity index (χ2v) is 5.18. The van der Waals surface area contributed by atoms with Gasteiger partial charge in [-0.15, -0.1) is 0 Å². The molecule has 1 aliphatic heterocycles. The first-order valence-corrected chi connectivity index (χ1v) is 6.71. The van der Waals surface area contributed by atoms with Crippen LogP contribution in [0.5, 0.6) is 0 Å². The van der Waals surface area contributed by atoms with Crippen LogP contribution < -0.4 is 4.90 Å². The second-order valence-electron chi connectivity index (χ2n) is 4.81. The van der Waals surface area contributed by atoms with Crippen LogP contribution in [0.25, 0.3) is 10.9 Å². The molecule has 104 valence electrons. The van der Waals surface area contributed by atoms with Crippen molar-refractivity contribution in [3.63, 3.8) is 0 Å². The van der Waals surface area contributed by atoms with Crippen molar-refractivity contribution in [1.82, 2.24) is 4.98 Å². The van der Waals surface area contributed by atoms with E-state index < -0.39 is 11.8 Å². The molecule has 0 spiro atoms. The molecule has 0 unspecified atom stereocenters. The van der Waals surface area contributed by atoms with E-state index in [0.717, 1.165) is 25.9 Å². The molecule has 3 rings (SSSR count). The number of carboxylic acids is 1. The van der Waals surface area contributed by atoms with E-state index in [2.05, 4.69) is 4.98 Å². The summed E-state index contributed by atoms with van der Waals surface area (Å²) in [5.41, 5.74) is 0.887. The molecule has 1 aromatic carbocycles. The van der Waals surface area contributed by atoms with Crippen LogP contribution in [0.2, 0.25) is 5.02 Å². The Balaban J connectivity index is 2.17. The molecule has 2 heterocycles. The molecule has 0 atom stereocenters. The highest BCUT2D eigenvalue weighted by atomic mass is 35.5. The fourth-order valence-electron chi connectivity index (χ4n) is 2.52. The second kappa shape index (κ2) is 4.90. The minimum Gasteiger partial charge on any atom is -0.478 e. The van der Waals surface area contributed by atoms with Gasteiger partial charge in [0.1, 0.15) is 5.82 Å². The third-order valence-corrected chi connectivity index (χ3v) is 3.96. The van der Waals surface area contributed by atoms with Crippen molar-refractivity contribution >= 4 is 34.2 Å². The Kier molecular flexibility index (Phi) is 3.22. The molecule has 6 heteroatoms. The Morgan fingerprint density at radius 3 is 2.70 bits per heavy atom. The summed E-state index contributed by atoms with van der Waals surface area (Å²) in [4.78, 5) is 17.0. The first kappa shape index (κ1) is 13.1. The number of nitrogens with zero attached hydrogens (tertiary/aromatic N) is 2. The molecule has 1 aliphatic rings. The van der Waals surface area contributed by atoms with Gasteiger partial charge in [0.05, 0.1) is 21.8 Å². The van der Waals surface area contributed by atoms with Gasteiger partial charge in [-0.25, -0.2) is 9.18 Å². The number of rotatable bonds is 2. The normalized spacial score (nSPS) is 15.0. The van der Waals surface area contributed by atoms with Crippen LogP contribution in [0.4, 0.5) is 10.1 Å². The van der Waals surface area contributed by atoms with Crippen LogP contribution in [0, 0.1) is 5.82 Å². The molecule has 0 radical (unpaired) electrons. The minimum atomic E-state index is -1.17. The Morgan fingerprint density at radius 2 is 2.05 bits per heavy atom. The standard InChI is InChI=1S/C14H12ClFN2O2/c15-13-8-5-10(16)12(18-3-1-2-4-18)6-11(8)17-7-9(13)14(19)20/h5-7H,1-4H2,(H,19,20). The van der Waals surface area contributed by atoms with Crippen molar-refractivity contribution in [3.8, 4) is 0 Å². The van der Waals surface area contributed by atoms with Crippen molar-refractivity contribution in [1.29, 1.82) is 0 Å². The number of carbonyl (C=O) groups is 1. The lowest BCUT2D eigenvalue weighted by Gasteiger charge is -2.19. The maximum Gasteiger partial charge on any atom is 0.338 e. The smallest absolute Gasteiger partial charge is 0.338 e. The molecule has 2 aromatic rings. The number of anilines is 1. The van der Waals surface area contributed by atoms with Crippen LogP contribution in [-0.2, 0) is 0 Å². The predicted octanol–water partition coefficient (Wildman–Crippen LogP) is 3.33. The van der Waals surface area contributed by atoms with Crippen molar-refractivity contribution in [3.05, 3.63) is 34.7 Å². The van der Waals surface area contributed by atoms with E-state index in [1.165, 1.54) is 12.3 Å². The Hall–Kier alpha value is -1.88. The van der Waals surface area contributed by atoms with Crippen LogP contribution in [0.15, 0.2) is 18.3 Å². The highest BCUT2D eigenvalue weighted by molar-refractivity contribution is 6.38.